The van der Waals surface area contributed by atoms with Crippen LogP contribution in [-0.4, -0.2) is 72.5 Å². The molecule has 0 N–H and O–H groups in total. The van der Waals surface area contributed by atoms with Gasteiger partial charge in [-0.05, 0) is 96.8 Å². The fourth-order valence-electron chi connectivity index (χ4n) is 3.97. The average Bonchev–Trinajstić information content (AvgIpc) is 4.05. The van der Waals surface area contributed by atoms with Gasteiger partial charge in [0.25, 0.3) is 0 Å². The zero-order valence-electron chi connectivity index (χ0n) is 36.1. The first-order valence-electron chi connectivity index (χ1n) is 18.0. The van der Waals surface area contributed by atoms with E-state index in [-0.39, 0.29) is 0 Å². The van der Waals surface area contributed by atoms with Crippen molar-refractivity contribution in [3.05, 3.63) is 157 Å². The summed E-state index contributed by atoms with van der Waals surface area (Å²) in [4.78, 5) is 19.7. The third-order valence-electron chi connectivity index (χ3n) is 7.38. The molecule has 0 saturated heterocycles. The molecule has 0 aliphatic carbocycles. The number of nitrogens with zero attached hydrogens (tertiary/aromatic N) is 15. The van der Waals surface area contributed by atoms with E-state index in [4.69, 9.17) is 0 Å². The zero-order valence-corrected chi connectivity index (χ0v) is 36.1. The van der Waals surface area contributed by atoms with Crippen molar-refractivity contribution in [3.63, 3.8) is 0 Å². The monoisotopic (exact) mass is 766 g/mol. The van der Waals surface area contributed by atoms with Crippen molar-refractivity contribution in [2.24, 2.45) is 49.3 Å². The molecule has 8 heterocycles. The van der Waals surface area contributed by atoms with Gasteiger partial charge in [0.15, 0.2) is 0 Å². The second kappa shape index (κ2) is 26.4. The number of rotatable bonds is 0. The summed E-state index contributed by atoms with van der Waals surface area (Å²) < 4.78 is 13.2. The van der Waals surface area contributed by atoms with Crippen molar-refractivity contribution >= 4 is 0 Å². The topological polar surface area (TPSA) is 138 Å². The Hall–Kier alpha value is -6.38. The van der Waals surface area contributed by atoms with E-state index in [1.165, 1.54) is 23.1 Å². The standard InChI is InChI=1S/2C6H9N.C6H7N.3C5H8N2.2C4H7N3/c1-6-3-4-7(2)5-6;1-6-4-3-5-7(6)2;1-6-4-2-3-5-7-6;1-5-3-7(2)4-6-5;1-5-3-6-7(2)4-5;1-5-6-3-4-7(5)2;1-4-5-3-7(2)6-4;1-4-5-3-6-7(4)2/h2*3-5H,1-2H3;2-5H,1H3;3*3-4H,1-2H3;2*3H,1-2H3. The van der Waals surface area contributed by atoms with E-state index in [0.29, 0.717) is 0 Å². The first-order chi connectivity index (χ1) is 26.5. The first-order valence-corrected chi connectivity index (χ1v) is 18.0. The van der Waals surface area contributed by atoms with Crippen LogP contribution < -0.4 is 0 Å². The van der Waals surface area contributed by atoms with Gasteiger partial charge in [-0.25, -0.2) is 19.9 Å². The highest BCUT2D eigenvalue weighted by Gasteiger charge is 1.87. The summed E-state index contributed by atoms with van der Waals surface area (Å²) in [6, 6.07) is 12.1. The highest BCUT2D eigenvalue weighted by atomic mass is 15.3. The molecule has 8 aromatic rings. The molecule has 0 unspecified atom stereocenters. The lowest BCUT2D eigenvalue weighted by atomic mass is 10.4. The minimum Gasteiger partial charge on any atom is -0.357 e. The summed E-state index contributed by atoms with van der Waals surface area (Å²) in [7, 11) is 13.6. The number of hydrogen-bond acceptors (Lipinski definition) is 8. The van der Waals surface area contributed by atoms with Gasteiger partial charge >= 0.3 is 0 Å². The van der Waals surface area contributed by atoms with Crippen LogP contribution in [-0.2, 0) is 49.3 Å². The zero-order chi connectivity index (χ0) is 42.0. The third-order valence-corrected chi connectivity index (χ3v) is 7.38. The maximum Gasteiger partial charge on any atom is 0.147 e. The molecule has 56 heavy (non-hydrogen) atoms. The second-order valence-corrected chi connectivity index (χ2v) is 12.9. The Morgan fingerprint density at radius 2 is 1.21 bits per heavy atom. The molecule has 8 rings (SSSR count). The van der Waals surface area contributed by atoms with Crippen LogP contribution in [0, 0.1) is 55.4 Å². The van der Waals surface area contributed by atoms with Gasteiger partial charge in [0.1, 0.15) is 30.1 Å². The van der Waals surface area contributed by atoms with Crippen LogP contribution in [0.2, 0.25) is 0 Å². The molecule has 8 aromatic heterocycles. The molecular formula is C41H63N15. The minimum atomic E-state index is 0.822. The highest BCUT2D eigenvalue weighted by Crippen LogP contribution is 1.95. The molecule has 0 saturated carbocycles. The van der Waals surface area contributed by atoms with Crippen molar-refractivity contribution in [1.82, 2.24) is 72.5 Å². The van der Waals surface area contributed by atoms with E-state index in [9.17, 15) is 0 Å². The summed E-state index contributed by atoms with van der Waals surface area (Å²) in [5.74, 6) is 2.82. The van der Waals surface area contributed by atoms with Gasteiger partial charge in [-0.1, -0.05) is 6.07 Å². The molecule has 0 aromatic carbocycles. The maximum atomic E-state index is 3.98. The predicted molar refractivity (Wildman–Crippen MR) is 225 cm³/mol. The van der Waals surface area contributed by atoms with Gasteiger partial charge < -0.3 is 18.3 Å². The minimum absolute atomic E-state index is 0.822. The molecule has 0 spiro atoms. The number of pyridine rings is 1. The number of imidazole rings is 2. The normalized spacial score (nSPS) is 9.34. The van der Waals surface area contributed by atoms with Gasteiger partial charge in [-0.3, -0.25) is 19.0 Å². The van der Waals surface area contributed by atoms with E-state index < -0.39 is 0 Å². The van der Waals surface area contributed by atoms with Crippen molar-refractivity contribution in [2.75, 3.05) is 0 Å². The molecule has 15 heteroatoms. The van der Waals surface area contributed by atoms with E-state index in [1.807, 2.05) is 166 Å². The number of hydrogen-bond donors (Lipinski definition) is 0. The number of aryl methyl sites for hydroxylation is 15. The molecule has 0 atom stereocenters. The van der Waals surface area contributed by atoms with Crippen molar-refractivity contribution in [1.29, 1.82) is 0 Å². The van der Waals surface area contributed by atoms with E-state index in [1.54, 1.807) is 39.1 Å². The van der Waals surface area contributed by atoms with Crippen LogP contribution >= 0.6 is 0 Å². The Bertz CT molecular complexity index is 1780. The van der Waals surface area contributed by atoms with Gasteiger partial charge in [-0.2, -0.15) is 15.3 Å². The highest BCUT2D eigenvalue weighted by molar-refractivity contribution is 5.06. The Morgan fingerprint density at radius 3 is 1.38 bits per heavy atom. The quantitative estimate of drug-likeness (QED) is 0.171. The van der Waals surface area contributed by atoms with Crippen LogP contribution in [0.5, 0.6) is 0 Å². The largest absolute Gasteiger partial charge is 0.357 e. The average molecular weight is 766 g/mol. The summed E-state index contributed by atoms with van der Waals surface area (Å²) in [6.45, 7) is 15.9. The summed E-state index contributed by atoms with van der Waals surface area (Å²) in [6.07, 6.45) is 22.4. The molecule has 302 valence electrons. The molecule has 0 aliphatic heterocycles. The lowest BCUT2D eigenvalue weighted by molar-refractivity contribution is 0.734. The van der Waals surface area contributed by atoms with Crippen molar-refractivity contribution in [3.8, 4) is 0 Å². The molecule has 0 fully saturated rings. The predicted octanol–water partition coefficient (Wildman–Crippen LogP) is 6.49. The van der Waals surface area contributed by atoms with E-state index in [0.717, 1.165) is 28.9 Å². The van der Waals surface area contributed by atoms with Gasteiger partial charge in [-0.15, -0.1) is 0 Å². The Balaban J connectivity index is 0.000000320. The third kappa shape index (κ3) is 22.6. The van der Waals surface area contributed by atoms with Crippen LogP contribution in [0.25, 0.3) is 0 Å². The Labute approximate surface area is 333 Å². The fourth-order valence-corrected chi connectivity index (χ4v) is 3.97. The van der Waals surface area contributed by atoms with Crippen LogP contribution in [0.3, 0.4) is 0 Å². The molecule has 0 bridgehead atoms. The number of aromatic nitrogens is 15. The van der Waals surface area contributed by atoms with Crippen LogP contribution in [0.4, 0.5) is 0 Å². The summed E-state index contributed by atoms with van der Waals surface area (Å²) in [5.41, 5.74) is 5.98. The van der Waals surface area contributed by atoms with E-state index in [2.05, 4.69) is 77.0 Å². The molecular weight excluding hydrogens is 703 g/mol. The molecule has 0 aliphatic rings. The molecule has 15 nitrogen and oxygen atoms in total. The van der Waals surface area contributed by atoms with Crippen molar-refractivity contribution < 1.29 is 0 Å². The first kappa shape index (κ1) is 47.6. The van der Waals surface area contributed by atoms with Gasteiger partial charge in [0.2, 0.25) is 0 Å². The van der Waals surface area contributed by atoms with Crippen LogP contribution in [0.1, 0.15) is 45.7 Å². The molecule has 0 radical (unpaired) electrons. The summed E-state index contributed by atoms with van der Waals surface area (Å²) >= 11 is 0. The lowest BCUT2D eigenvalue weighted by Crippen LogP contribution is -1.91. The molecule has 0 amide bonds. The maximum absolute atomic E-state index is 3.98. The van der Waals surface area contributed by atoms with E-state index >= 15 is 0 Å². The Kier molecular flexibility index (Phi) is 22.5. The fraction of sp³-hybridized carbons (Fsp3) is 0.366. The van der Waals surface area contributed by atoms with Crippen LogP contribution in [0.15, 0.2) is 111 Å². The SMILES string of the molecule is Cc1ccccn1.Cc1cccn1C.Cc1ccn(C)c1.Cc1cn(C)cn1.Cc1cnn(C)c1.Cc1nccn1C.Cc1ncn(C)n1.Cc1ncnn1C. The summed E-state index contributed by atoms with van der Waals surface area (Å²) in [5, 5.41) is 11.7. The second-order valence-electron chi connectivity index (χ2n) is 12.9. The Morgan fingerprint density at radius 1 is 0.482 bits per heavy atom. The van der Waals surface area contributed by atoms with Crippen molar-refractivity contribution in [2.45, 2.75) is 55.4 Å². The lowest BCUT2D eigenvalue weighted by Gasteiger charge is -1.89. The van der Waals surface area contributed by atoms with Gasteiger partial charge in [0.05, 0.1) is 18.2 Å². The van der Waals surface area contributed by atoms with Gasteiger partial charge in [0, 0.05) is 110 Å². The smallest absolute Gasteiger partial charge is 0.147 e.